The van der Waals surface area contributed by atoms with Gasteiger partial charge in [-0.15, -0.1) is 11.3 Å². The van der Waals surface area contributed by atoms with Crippen molar-refractivity contribution in [3.8, 4) is 10.6 Å². The second kappa shape index (κ2) is 8.28. The first-order valence-corrected chi connectivity index (χ1v) is 10.6. The molecule has 1 saturated heterocycles. The molecule has 6 nitrogen and oxygen atoms in total. The molecule has 0 radical (unpaired) electrons. The number of hydrogen-bond acceptors (Lipinski definition) is 5. The minimum absolute atomic E-state index is 0.161. The first-order valence-electron chi connectivity index (χ1n) is 8.95. The van der Waals surface area contributed by atoms with Gasteiger partial charge < -0.3 is 14.6 Å². The van der Waals surface area contributed by atoms with Gasteiger partial charge in [0.15, 0.2) is 10.4 Å². The van der Waals surface area contributed by atoms with Gasteiger partial charge in [-0.25, -0.2) is 4.98 Å². The van der Waals surface area contributed by atoms with Gasteiger partial charge in [-0.05, 0) is 40.9 Å². The van der Waals surface area contributed by atoms with Gasteiger partial charge in [-0.3, -0.25) is 9.59 Å². The summed E-state index contributed by atoms with van der Waals surface area (Å²) in [5, 5.41) is 5.79. The predicted molar refractivity (Wildman–Crippen MR) is 110 cm³/mol. The van der Waals surface area contributed by atoms with Gasteiger partial charge in [0.2, 0.25) is 5.91 Å². The summed E-state index contributed by atoms with van der Waals surface area (Å²) >= 11 is 4.75. The monoisotopic (exact) mass is 459 g/mol. The average molecular weight is 460 g/mol. The number of furan rings is 1. The van der Waals surface area contributed by atoms with E-state index in [1.165, 1.54) is 0 Å². The number of amides is 2. The SMILES string of the molecule is O=C(NCc1csc(-c2ccccc2)n1)[C@H]1CCCN1C(=O)c1ccc(Br)o1. The molecule has 1 aliphatic rings. The third-order valence-electron chi connectivity index (χ3n) is 4.62. The molecule has 1 N–H and O–H groups in total. The Hall–Kier alpha value is -2.45. The molecule has 1 atom stereocenters. The molecule has 1 fully saturated rings. The highest BCUT2D eigenvalue weighted by Crippen LogP contribution is 2.24. The van der Waals surface area contributed by atoms with E-state index >= 15 is 0 Å². The zero-order chi connectivity index (χ0) is 19.5. The summed E-state index contributed by atoms with van der Waals surface area (Å²) in [4.78, 5) is 31.5. The van der Waals surface area contributed by atoms with Crippen LogP contribution in [0.5, 0.6) is 0 Å². The van der Waals surface area contributed by atoms with Gasteiger partial charge >= 0.3 is 0 Å². The van der Waals surface area contributed by atoms with Gasteiger partial charge in [-0.1, -0.05) is 30.3 Å². The van der Waals surface area contributed by atoms with Crippen molar-refractivity contribution in [2.24, 2.45) is 0 Å². The lowest BCUT2D eigenvalue weighted by atomic mass is 10.2. The Bertz CT molecular complexity index is 986. The molecule has 3 heterocycles. The number of rotatable bonds is 5. The summed E-state index contributed by atoms with van der Waals surface area (Å²) in [6.45, 7) is 0.886. The summed E-state index contributed by atoms with van der Waals surface area (Å²) in [6, 6.07) is 12.7. The number of hydrogen-bond donors (Lipinski definition) is 1. The average Bonchev–Trinajstić information content (AvgIpc) is 3.46. The third-order valence-corrected chi connectivity index (χ3v) is 5.98. The smallest absolute Gasteiger partial charge is 0.290 e. The highest BCUT2D eigenvalue weighted by molar-refractivity contribution is 9.10. The van der Waals surface area contributed by atoms with E-state index in [4.69, 9.17) is 4.42 Å². The van der Waals surface area contributed by atoms with Crippen LogP contribution in [0.1, 0.15) is 29.1 Å². The van der Waals surface area contributed by atoms with Gasteiger partial charge in [0, 0.05) is 17.5 Å². The maximum atomic E-state index is 12.7. The maximum Gasteiger partial charge on any atom is 0.290 e. The zero-order valence-electron chi connectivity index (χ0n) is 14.9. The Morgan fingerprint density at radius 3 is 2.82 bits per heavy atom. The fourth-order valence-corrected chi connectivity index (χ4v) is 4.38. The van der Waals surface area contributed by atoms with E-state index < -0.39 is 6.04 Å². The van der Waals surface area contributed by atoms with E-state index in [0.29, 0.717) is 24.2 Å². The van der Waals surface area contributed by atoms with Crippen molar-refractivity contribution < 1.29 is 14.0 Å². The quantitative estimate of drug-likeness (QED) is 0.623. The van der Waals surface area contributed by atoms with Crippen molar-refractivity contribution in [1.29, 1.82) is 0 Å². The number of thiazole rings is 1. The van der Waals surface area contributed by atoms with Crippen LogP contribution in [0.3, 0.4) is 0 Å². The summed E-state index contributed by atoms with van der Waals surface area (Å²) in [5.74, 6) is -0.187. The maximum absolute atomic E-state index is 12.7. The molecule has 2 amide bonds. The standard InChI is InChI=1S/C20H18BrN3O3S/c21-17-9-8-16(27-17)20(26)24-10-4-7-15(24)18(25)22-11-14-12-28-19(23-14)13-5-2-1-3-6-13/h1-3,5-6,8-9,12,15H,4,7,10-11H2,(H,22,25)/t15-/m1/s1. The lowest BCUT2D eigenvalue weighted by molar-refractivity contribution is -0.125. The van der Waals surface area contributed by atoms with Crippen LogP contribution >= 0.6 is 27.3 Å². The highest BCUT2D eigenvalue weighted by Gasteiger charge is 2.35. The fourth-order valence-electron chi connectivity index (χ4n) is 3.25. The Morgan fingerprint density at radius 2 is 2.07 bits per heavy atom. The van der Waals surface area contributed by atoms with Crippen LogP contribution in [-0.2, 0) is 11.3 Å². The summed E-state index contributed by atoms with van der Waals surface area (Å²) in [7, 11) is 0. The number of benzene rings is 1. The first-order chi connectivity index (χ1) is 13.6. The highest BCUT2D eigenvalue weighted by atomic mass is 79.9. The molecule has 1 aromatic carbocycles. The lowest BCUT2D eigenvalue weighted by Gasteiger charge is -2.22. The summed E-state index contributed by atoms with van der Waals surface area (Å²) in [6.07, 6.45) is 1.44. The number of carbonyl (C=O) groups is 2. The second-order valence-electron chi connectivity index (χ2n) is 6.49. The molecule has 3 aromatic rings. The minimum atomic E-state index is -0.483. The topological polar surface area (TPSA) is 75.4 Å². The van der Waals surface area contributed by atoms with Crippen LogP contribution in [-0.4, -0.2) is 34.3 Å². The Kier molecular flexibility index (Phi) is 5.59. The van der Waals surface area contributed by atoms with Crippen molar-refractivity contribution in [3.63, 3.8) is 0 Å². The van der Waals surface area contributed by atoms with E-state index in [1.54, 1.807) is 28.4 Å². The molecule has 144 valence electrons. The van der Waals surface area contributed by atoms with Crippen LogP contribution in [0.15, 0.2) is 56.9 Å². The molecule has 2 aromatic heterocycles. The number of nitrogens with zero attached hydrogens (tertiary/aromatic N) is 2. The predicted octanol–water partition coefficient (Wildman–Crippen LogP) is 4.09. The lowest BCUT2D eigenvalue weighted by Crippen LogP contribution is -2.45. The first kappa shape index (κ1) is 18.9. The van der Waals surface area contributed by atoms with Crippen LogP contribution in [0, 0.1) is 0 Å². The number of carbonyl (C=O) groups excluding carboxylic acids is 2. The Balaban J connectivity index is 1.38. The molecular weight excluding hydrogens is 442 g/mol. The summed E-state index contributed by atoms with van der Waals surface area (Å²) < 4.78 is 5.84. The number of halogens is 1. The largest absolute Gasteiger partial charge is 0.444 e. The Morgan fingerprint density at radius 1 is 1.25 bits per heavy atom. The van der Waals surface area contributed by atoms with Crippen LogP contribution in [0.4, 0.5) is 0 Å². The van der Waals surface area contributed by atoms with Crippen molar-refractivity contribution in [3.05, 3.63) is 64.0 Å². The normalized spacial score (nSPS) is 16.3. The van der Waals surface area contributed by atoms with E-state index in [0.717, 1.165) is 22.7 Å². The molecule has 0 spiro atoms. The summed E-state index contributed by atoms with van der Waals surface area (Å²) in [5.41, 5.74) is 1.87. The number of likely N-dealkylation sites (tertiary alicyclic amines) is 1. The van der Waals surface area contributed by atoms with E-state index in [-0.39, 0.29) is 17.6 Å². The van der Waals surface area contributed by atoms with E-state index in [2.05, 4.69) is 26.2 Å². The second-order valence-corrected chi connectivity index (χ2v) is 8.13. The van der Waals surface area contributed by atoms with Gasteiger partial charge in [0.1, 0.15) is 11.0 Å². The van der Waals surface area contributed by atoms with Crippen molar-refractivity contribution in [2.75, 3.05) is 6.54 Å². The fraction of sp³-hybridized carbons (Fsp3) is 0.250. The van der Waals surface area contributed by atoms with Crippen LogP contribution < -0.4 is 5.32 Å². The van der Waals surface area contributed by atoms with Crippen LogP contribution in [0.2, 0.25) is 0 Å². The van der Waals surface area contributed by atoms with Crippen LogP contribution in [0.25, 0.3) is 10.6 Å². The van der Waals surface area contributed by atoms with Gasteiger partial charge in [0.05, 0.1) is 12.2 Å². The molecule has 28 heavy (non-hydrogen) atoms. The van der Waals surface area contributed by atoms with Gasteiger partial charge in [-0.2, -0.15) is 0 Å². The minimum Gasteiger partial charge on any atom is -0.444 e. The molecular formula is C20H18BrN3O3S. The molecule has 0 aliphatic carbocycles. The van der Waals surface area contributed by atoms with Crippen molar-refractivity contribution in [2.45, 2.75) is 25.4 Å². The van der Waals surface area contributed by atoms with E-state index in [9.17, 15) is 9.59 Å². The van der Waals surface area contributed by atoms with Crippen molar-refractivity contribution >= 4 is 39.1 Å². The van der Waals surface area contributed by atoms with E-state index in [1.807, 2.05) is 35.7 Å². The molecule has 0 bridgehead atoms. The Labute approximate surface area is 174 Å². The molecule has 8 heteroatoms. The van der Waals surface area contributed by atoms with Crippen molar-refractivity contribution in [1.82, 2.24) is 15.2 Å². The number of aromatic nitrogens is 1. The zero-order valence-corrected chi connectivity index (χ0v) is 17.3. The third kappa shape index (κ3) is 4.02. The number of nitrogens with one attached hydrogen (secondary N) is 1. The molecule has 0 saturated carbocycles. The van der Waals surface area contributed by atoms with Gasteiger partial charge in [0.25, 0.3) is 5.91 Å². The molecule has 1 aliphatic heterocycles. The molecule has 4 rings (SSSR count). The molecule has 0 unspecified atom stereocenters.